The molecular weight excluding hydrogens is 796 g/mol. The maximum atomic E-state index is 3.94. The van der Waals surface area contributed by atoms with Crippen LogP contribution in [0.1, 0.15) is 77.6 Å². The van der Waals surface area contributed by atoms with Crippen LogP contribution < -0.4 is 19.8 Å². The van der Waals surface area contributed by atoms with E-state index in [-0.39, 0.29) is 16.2 Å². The fourth-order valence-electron chi connectivity index (χ4n) is 7.48. The van der Waals surface area contributed by atoms with Crippen molar-refractivity contribution in [2.24, 2.45) is 0 Å². The van der Waals surface area contributed by atoms with Crippen LogP contribution in [0, 0.1) is 12.1 Å². The Kier molecular flexibility index (Phi) is 7.41. The van der Waals surface area contributed by atoms with Gasteiger partial charge >= 0.3 is 307 Å². The van der Waals surface area contributed by atoms with Gasteiger partial charge in [-0.05, 0) is 0 Å². The Hall–Kier alpha value is -4.41. The predicted octanol–water partition coefficient (Wildman–Crippen LogP) is 9.13. The van der Waals surface area contributed by atoms with E-state index in [0.717, 1.165) is 22.7 Å². The molecule has 0 aliphatic carbocycles. The summed E-state index contributed by atoms with van der Waals surface area (Å²) < 4.78 is 2.55. The SMILES string of the molecule is CN1C=CN2[C]1=[Pt]=[C]1N(C)C=CN1c1[c-]c(ccc1)N(N1c3c(C(C)(C)C)cccc3C(C)(C)c3cccc(C(C)(C)C)c31)c1[c-]c2ccc1. The van der Waals surface area contributed by atoms with Gasteiger partial charge in [0.2, 0.25) is 0 Å². The van der Waals surface area contributed by atoms with Crippen LogP contribution in [0.15, 0.2) is 97.6 Å². The molecule has 0 fully saturated rings. The van der Waals surface area contributed by atoms with E-state index in [1.165, 1.54) is 41.9 Å². The fourth-order valence-corrected chi connectivity index (χ4v) is 10.5. The standard InChI is InChI=1S/C43H46N6.Pt/c1-41(2,3)35-19-13-21-37-39(35)49(40-36(42(4,5)6)20-14-22-38(40)43(37,7)8)48(33-17-11-15-31(27-33)46-25-23-44(9)29-46)34-18-12-16-32(28-34)47-26-24-45(10)30-47;/h11-26H,1-10H3;/q-2;. The summed E-state index contributed by atoms with van der Waals surface area (Å²) in [7, 11) is 4.30. The molecule has 0 saturated heterocycles. The molecule has 8 rings (SSSR count). The minimum absolute atomic E-state index is 0.120. The molecule has 4 aromatic rings. The Morgan fingerprint density at radius 1 is 0.520 bits per heavy atom. The van der Waals surface area contributed by atoms with Crippen molar-refractivity contribution in [3.63, 3.8) is 0 Å². The number of hydrogen-bond donors (Lipinski definition) is 0. The van der Waals surface area contributed by atoms with Crippen molar-refractivity contribution in [2.75, 3.05) is 33.9 Å². The Morgan fingerprint density at radius 3 is 1.34 bits per heavy atom. The van der Waals surface area contributed by atoms with Crippen molar-refractivity contribution in [2.45, 2.75) is 71.6 Å². The van der Waals surface area contributed by atoms with Crippen molar-refractivity contribution in [1.82, 2.24) is 9.80 Å². The molecule has 4 aliphatic rings. The number of benzene rings is 4. The molecule has 7 heteroatoms. The van der Waals surface area contributed by atoms with Crippen LogP contribution in [0.25, 0.3) is 0 Å². The number of hydrogen-bond acceptors (Lipinski definition) is 6. The molecule has 0 unspecified atom stereocenters. The van der Waals surface area contributed by atoms with Crippen molar-refractivity contribution in [1.29, 1.82) is 0 Å². The number of anilines is 6. The van der Waals surface area contributed by atoms with E-state index in [2.05, 4.69) is 209 Å². The zero-order valence-electron chi connectivity index (χ0n) is 30.7. The zero-order chi connectivity index (χ0) is 35.3. The Balaban J connectivity index is 1.51. The molecule has 4 aliphatic heterocycles. The van der Waals surface area contributed by atoms with Gasteiger partial charge in [-0.3, -0.25) is 0 Å². The molecule has 260 valence electrons. The van der Waals surface area contributed by atoms with Gasteiger partial charge in [0.15, 0.2) is 0 Å². The molecule has 0 aromatic heterocycles. The number of para-hydroxylation sites is 2. The Morgan fingerprint density at radius 2 is 0.920 bits per heavy atom. The second kappa shape index (κ2) is 11.3. The average Bonchev–Trinajstić information content (AvgIpc) is 3.62. The Labute approximate surface area is 306 Å². The van der Waals surface area contributed by atoms with Gasteiger partial charge in [-0.15, -0.1) is 0 Å². The van der Waals surface area contributed by atoms with E-state index >= 15 is 0 Å². The number of nitrogens with zero attached hydrogens (tertiary/aromatic N) is 6. The quantitative estimate of drug-likeness (QED) is 0.177. The van der Waals surface area contributed by atoms with Gasteiger partial charge in [-0.25, -0.2) is 0 Å². The van der Waals surface area contributed by atoms with Gasteiger partial charge in [0.25, 0.3) is 0 Å². The third-order valence-electron chi connectivity index (χ3n) is 10.1. The van der Waals surface area contributed by atoms with Gasteiger partial charge in [0.1, 0.15) is 0 Å². The summed E-state index contributed by atoms with van der Waals surface area (Å²) in [6, 6.07) is 34.8. The normalized spacial score (nSPS) is 18.0. The summed E-state index contributed by atoms with van der Waals surface area (Å²) in [5.74, 6) is 0. The monoisotopic (exact) mass is 841 g/mol. The third-order valence-corrected chi connectivity index (χ3v) is 13.8. The van der Waals surface area contributed by atoms with E-state index in [4.69, 9.17) is 0 Å². The van der Waals surface area contributed by atoms with E-state index in [1.54, 1.807) is 0 Å². The number of hydrazine groups is 1. The average molecular weight is 842 g/mol. The van der Waals surface area contributed by atoms with Crippen LogP contribution in [0.3, 0.4) is 0 Å². The topological polar surface area (TPSA) is 19.4 Å². The van der Waals surface area contributed by atoms with Crippen LogP contribution in [0.5, 0.6) is 0 Å². The first-order chi connectivity index (χ1) is 23.7. The van der Waals surface area contributed by atoms with Gasteiger partial charge in [-0.2, -0.15) is 0 Å². The molecule has 4 heterocycles. The van der Waals surface area contributed by atoms with Gasteiger partial charge in [0.05, 0.1) is 0 Å². The molecule has 0 amide bonds. The fraction of sp³-hybridized carbons (Fsp3) is 0.302. The molecule has 0 spiro atoms. The molecule has 0 atom stereocenters. The van der Waals surface area contributed by atoms with E-state index in [9.17, 15) is 0 Å². The van der Waals surface area contributed by atoms with E-state index in [0.29, 0.717) is 0 Å². The summed E-state index contributed by atoms with van der Waals surface area (Å²) in [4.78, 5) is 9.18. The van der Waals surface area contributed by atoms with Crippen LogP contribution in [-0.2, 0) is 33.9 Å². The molecular formula is C43H46N6Pt-2. The van der Waals surface area contributed by atoms with Crippen molar-refractivity contribution >= 4 is 42.4 Å². The van der Waals surface area contributed by atoms with E-state index in [1.807, 2.05) is 0 Å². The Bertz CT molecular complexity index is 2030. The van der Waals surface area contributed by atoms with Crippen molar-refractivity contribution < 1.29 is 17.6 Å². The second-order valence-electron chi connectivity index (χ2n) is 16.1. The molecule has 6 nitrogen and oxygen atoms in total. The van der Waals surface area contributed by atoms with Gasteiger partial charge < -0.3 is 0 Å². The first kappa shape index (κ1) is 32.8. The summed E-state index contributed by atoms with van der Waals surface area (Å²) in [6.07, 6.45) is 8.70. The van der Waals surface area contributed by atoms with Gasteiger partial charge in [0, 0.05) is 0 Å². The van der Waals surface area contributed by atoms with E-state index < -0.39 is 17.6 Å². The molecule has 0 radical (unpaired) electrons. The van der Waals surface area contributed by atoms with Crippen molar-refractivity contribution in [3.05, 3.63) is 132 Å². The summed E-state index contributed by atoms with van der Waals surface area (Å²) in [6.45, 7) is 18.8. The summed E-state index contributed by atoms with van der Waals surface area (Å²) in [5.41, 5.74) is 11.2. The number of fused-ring (bicyclic) bond motifs is 10. The maximum absolute atomic E-state index is 3.94. The minimum atomic E-state index is -0.592. The predicted molar refractivity (Wildman–Crippen MR) is 206 cm³/mol. The molecule has 50 heavy (non-hydrogen) atoms. The van der Waals surface area contributed by atoms with Gasteiger partial charge in [-0.1, -0.05) is 0 Å². The summed E-state index contributed by atoms with van der Waals surface area (Å²) in [5, 5.41) is 4.90. The third kappa shape index (κ3) is 5.01. The zero-order valence-corrected chi connectivity index (χ0v) is 33.0. The van der Waals surface area contributed by atoms with Crippen LogP contribution in [0.2, 0.25) is 0 Å². The molecule has 4 aromatic carbocycles. The van der Waals surface area contributed by atoms with Crippen LogP contribution >= 0.6 is 0 Å². The molecule has 0 N–H and O–H groups in total. The second-order valence-corrected chi connectivity index (χ2v) is 18.7. The van der Waals surface area contributed by atoms with Crippen molar-refractivity contribution in [3.8, 4) is 0 Å². The first-order valence-corrected chi connectivity index (χ1v) is 19.6. The van der Waals surface area contributed by atoms with Crippen LogP contribution in [0.4, 0.5) is 34.1 Å². The first-order valence-electron chi connectivity index (χ1n) is 17.3. The van der Waals surface area contributed by atoms with Crippen LogP contribution in [-0.4, -0.2) is 32.2 Å². The number of rotatable bonds is 1. The molecule has 4 bridgehead atoms. The molecule has 0 saturated carbocycles. The summed E-state index contributed by atoms with van der Waals surface area (Å²) >= 11 is -0.592.